The van der Waals surface area contributed by atoms with Gasteiger partial charge in [-0.1, -0.05) is 18.2 Å². The summed E-state index contributed by atoms with van der Waals surface area (Å²) in [5.41, 5.74) is 0.563. The summed E-state index contributed by atoms with van der Waals surface area (Å²) < 4.78 is 115. The molecule has 3 aromatic carbocycles. The molecule has 1 N–H and O–H groups in total. The number of nitrogens with zero attached hydrogens (tertiary/aromatic N) is 3. The Labute approximate surface area is 258 Å². The Balaban J connectivity index is 1.76. The molecule has 0 aliphatic carbocycles. The van der Waals surface area contributed by atoms with Gasteiger partial charge < -0.3 is 18.8 Å². The Hall–Kier alpha value is -4.63. The van der Waals surface area contributed by atoms with Gasteiger partial charge in [-0.2, -0.15) is 13.2 Å². The van der Waals surface area contributed by atoms with E-state index < -0.39 is 39.9 Å². The maximum Gasteiger partial charge on any atom is 0.573 e. The van der Waals surface area contributed by atoms with E-state index in [-0.39, 0.29) is 51.3 Å². The van der Waals surface area contributed by atoms with Crippen molar-refractivity contribution < 1.29 is 49.0 Å². The van der Waals surface area contributed by atoms with Crippen LogP contribution in [0.15, 0.2) is 82.2 Å². The molecule has 5 aromatic rings. The van der Waals surface area contributed by atoms with Gasteiger partial charge in [0, 0.05) is 23.6 Å². The highest BCUT2D eigenvalue weighted by molar-refractivity contribution is 7.90. The van der Waals surface area contributed by atoms with Crippen LogP contribution < -0.4 is 4.74 Å². The molecule has 1 atom stereocenters. The number of aliphatic hydroxyl groups is 1. The van der Waals surface area contributed by atoms with E-state index in [1.54, 1.807) is 24.3 Å². The minimum atomic E-state index is -4.93. The highest BCUT2D eigenvalue weighted by Crippen LogP contribution is 2.40. The molecule has 2 aromatic heterocycles. The number of aliphatic hydroxyl groups excluding tert-OH is 1. The van der Waals surface area contributed by atoms with Gasteiger partial charge in [0.1, 0.15) is 17.3 Å². The second-order valence-corrected chi connectivity index (χ2v) is 12.5. The van der Waals surface area contributed by atoms with Gasteiger partial charge in [0.15, 0.2) is 27.2 Å². The molecule has 242 valence electrons. The number of imidazole rings is 1. The van der Waals surface area contributed by atoms with Crippen molar-refractivity contribution in [2.75, 3.05) is 6.26 Å². The first-order chi connectivity index (χ1) is 21.4. The third kappa shape index (κ3) is 7.26. The van der Waals surface area contributed by atoms with Crippen LogP contribution in [0, 0.1) is 6.92 Å². The maximum atomic E-state index is 13.6. The summed E-state index contributed by atoms with van der Waals surface area (Å²) in [5, 5.41) is 10.0. The fourth-order valence-corrected chi connectivity index (χ4v) is 5.43. The molecule has 0 aliphatic rings. The Morgan fingerprint density at radius 1 is 0.935 bits per heavy atom. The quantitative estimate of drug-likeness (QED) is 0.172. The van der Waals surface area contributed by atoms with Crippen molar-refractivity contribution in [3.8, 4) is 45.1 Å². The molecule has 0 spiro atoms. The molecule has 0 aliphatic heterocycles. The average molecular weight is 666 g/mol. The summed E-state index contributed by atoms with van der Waals surface area (Å²) in [6, 6.07) is 15.5. The largest absolute Gasteiger partial charge is 0.573 e. The number of alkyl halides is 6. The van der Waals surface area contributed by atoms with Crippen LogP contribution in [0.2, 0.25) is 0 Å². The molecule has 46 heavy (non-hydrogen) atoms. The number of aromatic nitrogens is 3. The van der Waals surface area contributed by atoms with Crippen LogP contribution in [0.3, 0.4) is 0 Å². The lowest BCUT2D eigenvalue weighted by molar-refractivity contribution is -0.274. The number of hydrogen-bond acceptors (Lipinski definition) is 7. The lowest BCUT2D eigenvalue weighted by Crippen LogP contribution is -2.16. The van der Waals surface area contributed by atoms with E-state index >= 15 is 0 Å². The van der Waals surface area contributed by atoms with Crippen molar-refractivity contribution in [1.82, 2.24) is 14.5 Å². The van der Waals surface area contributed by atoms with E-state index in [0.717, 1.165) is 24.6 Å². The Kier molecular flexibility index (Phi) is 8.51. The first-order valence-electron chi connectivity index (χ1n) is 13.5. The predicted octanol–water partition coefficient (Wildman–Crippen LogP) is 7.41. The number of halogens is 6. The number of rotatable bonds is 8. The van der Waals surface area contributed by atoms with Crippen molar-refractivity contribution >= 4 is 9.84 Å². The van der Waals surface area contributed by atoms with Gasteiger partial charge in [-0.25, -0.2) is 18.4 Å². The third-order valence-corrected chi connectivity index (χ3v) is 7.88. The molecule has 2 heterocycles. The Morgan fingerprint density at radius 2 is 1.59 bits per heavy atom. The molecule has 0 saturated carbocycles. The topological polar surface area (TPSA) is 107 Å². The van der Waals surface area contributed by atoms with Gasteiger partial charge in [-0.3, -0.25) is 0 Å². The van der Waals surface area contributed by atoms with Gasteiger partial charge in [0.2, 0.25) is 0 Å². The van der Waals surface area contributed by atoms with E-state index in [0.29, 0.717) is 11.1 Å². The first-order valence-corrected chi connectivity index (χ1v) is 15.4. The van der Waals surface area contributed by atoms with Crippen LogP contribution in [-0.2, 0) is 22.4 Å². The first kappa shape index (κ1) is 32.8. The van der Waals surface area contributed by atoms with Crippen LogP contribution in [0.4, 0.5) is 26.3 Å². The minimum absolute atomic E-state index is 0.0108. The van der Waals surface area contributed by atoms with Crippen LogP contribution in [-0.4, -0.2) is 46.8 Å². The third-order valence-electron chi connectivity index (χ3n) is 6.77. The van der Waals surface area contributed by atoms with Crippen LogP contribution >= 0.6 is 0 Å². The van der Waals surface area contributed by atoms with Gasteiger partial charge in [-0.05, 0) is 73.5 Å². The number of oxazole rings is 1. The van der Waals surface area contributed by atoms with Crippen LogP contribution in [0.25, 0.3) is 39.4 Å². The molecule has 5 rings (SSSR count). The number of aryl methyl sites for hydroxylation is 1. The molecular formula is C31H25F6N3O5S. The zero-order valence-corrected chi connectivity index (χ0v) is 25.1. The van der Waals surface area contributed by atoms with Crippen molar-refractivity contribution in [1.29, 1.82) is 0 Å². The number of benzene rings is 3. The zero-order chi connectivity index (χ0) is 33.6. The van der Waals surface area contributed by atoms with Crippen molar-refractivity contribution in [2.24, 2.45) is 0 Å². The molecule has 0 saturated heterocycles. The lowest BCUT2D eigenvalue weighted by atomic mass is 9.98. The smallest absolute Gasteiger partial charge is 0.440 e. The Bertz CT molecular complexity index is 2000. The summed E-state index contributed by atoms with van der Waals surface area (Å²) in [5.74, 6) is -0.414. The summed E-state index contributed by atoms with van der Waals surface area (Å²) >= 11 is 0. The van der Waals surface area contributed by atoms with E-state index in [2.05, 4.69) is 14.7 Å². The summed E-state index contributed by atoms with van der Waals surface area (Å²) in [7, 11) is -3.58. The molecule has 0 fully saturated rings. The normalized spacial score (nSPS) is 13.2. The monoisotopic (exact) mass is 665 g/mol. The number of sulfone groups is 1. The summed E-state index contributed by atoms with van der Waals surface area (Å²) in [6.07, 6.45) is -8.77. The standard InChI is InChI=1S/C31H25F6N3O5S/c1-17(41)13-27-39-28(29(44-27)19-7-10-22(11-8-19)45-31(35,36)37)24-15-21(20-5-4-6-23(14-20)46(3,42)43)9-12-25(24)40-16-26(30(32,33)34)38-18(40)2/h4-12,14-17,41H,13H2,1-3H3. The number of hydrogen-bond donors (Lipinski definition) is 1. The van der Waals surface area contributed by atoms with Crippen molar-refractivity contribution in [3.05, 3.63) is 90.3 Å². The molecule has 1 unspecified atom stereocenters. The highest BCUT2D eigenvalue weighted by atomic mass is 32.2. The zero-order valence-electron chi connectivity index (χ0n) is 24.3. The van der Waals surface area contributed by atoms with Crippen molar-refractivity contribution in [2.45, 2.75) is 43.8 Å². The molecule has 0 amide bonds. The fraction of sp³-hybridized carbons (Fsp3) is 0.226. The SMILES string of the molecule is Cc1nc(C(F)(F)F)cn1-c1ccc(-c2cccc(S(C)(=O)=O)c2)cc1-c1nc(CC(C)O)oc1-c1ccc(OC(F)(F)F)cc1. The molecule has 15 heteroatoms. The van der Waals surface area contributed by atoms with E-state index in [9.17, 15) is 39.9 Å². The number of ether oxygens (including phenoxy) is 1. The van der Waals surface area contributed by atoms with E-state index in [4.69, 9.17) is 4.42 Å². The Morgan fingerprint density at radius 3 is 2.17 bits per heavy atom. The van der Waals surface area contributed by atoms with Crippen LogP contribution in [0.5, 0.6) is 5.75 Å². The van der Waals surface area contributed by atoms with Crippen molar-refractivity contribution in [3.63, 3.8) is 0 Å². The minimum Gasteiger partial charge on any atom is -0.440 e. The van der Waals surface area contributed by atoms with Crippen LogP contribution in [0.1, 0.15) is 24.3 Å². The maximum absolute atomic E-state index is 13.6. The predicted molar refractivity (Wildman–Crippen MR) is 155 cm³/mol. The van der Waals surface area contributed by atoms with Gasteiger partial charge in [0.05, 0.1) is 23.1 Å². The fourth-order valence-electron chi connectivity index (χ4n) is 4.77. The average Bonchev–Trinajstić information content (AvgIpc) is 3.55. The van der Waals surface area contributed by atoms with Gasteiger partial charge in [0.25, 0.3) is 0 Å². The lowest BCUT2D eigenvalue weighted by Gasteiger charge is -2.14. The second-order valence-electron chi connectivity index (χ2n) is 10.5. The van der Waals surface area contributed by atoms with Gasteiger partial charge >= 0.3 is 12.5 Å². The molecule has 8 nitrogen and oxygen atoms in total. The summed E-state index contributed by atoms with van der Waals surface area (Å²) in [4.78, 5) is 8.26. The highest BCUT2D eigenvalue weighted by Gasteiger charge is 2.35. The molecule has 0 bridgehead atoms. The van der Waals surface area contributed by atoms with E-state index in [1.807, 2.05) is 0 Å². The van der Waals surface area contributed by atoms with E-state index in [1.165, 1.54) is 48.7 Å². The molecular weight excluding hydrogens is 640 g/mol. The summed E-state index contributed by atoms with van der Waals surface area (Å²) in [6.45, 7) is 2.87. The molecule has 0 radical (unpaired) electrons. The van der Waals surface area contributed by atoms with Gasteiger partial charge in [-0.15, -0.1) is 13.2 Å². The second kappa shape index (κ2) is 11.9.